The van der Waals surface area contributed by atoms with Crippen LogP contribution in [0.1, 0.15) is 35.0 Å². The first-order valence-electron chi connectivity index (χ1n) is 4.71. The smallest absolute Gasteiger partial charge is 0.341 e. The Balaban J connectivity index is 3.32. The number of hydrogen-bond acceptors (Lipinski definition) is 3. The van der Waals surface area contributed by atoms with Crippen molar-refractivity contribution in [3.63, 3.8) is 0 Å². The van der Waals surface area contributed by atoms with E-state index in [9.17, 15) is 18.0 Å². The Bertz CT molecular complexity index is 426. The summed E-state index contributed by atoms with van der Waals surface area (Å²) >= 11 is 5.48. The van der Waals surface area contributed by atoms with Crippen molar-refractivity contribution in [2.75, 3.05) is 6.61 Å². The van der Waals surface area contributed by atoms with Crippen LogP contribution < -0.4 is 0 Å². The Kier molecular flexibility index (Phi) is 4.74. The number of aromatic nitrogens is 1. The van der Waals surface area contributed by atoms with Crippen molar-refractivity contribution in [3.8, 4) is 0 Å². The van der Waals surface area contributed by atoms with Crippen molar-refractivity contribution in [2.24, 2.45) is 0 Å². The molecule has 0 N–H and O–H groups in total. The number of carbonyl (C=O) groups is 1. The highest BCUT2D eigenvalue weighted by Gasteiger charge is 2.25. The van der Waals surface area contributed by atoms with Crippen LogP contribution in [0, 0.1) is 5.82 Å². The second kappa shape index (κ2) is 5.86. The molecule has 0 atom stereocenters. The molecule has 0 saturated carbocycles. The zero-order chi connectivity index (χ0) is 13.0. The molecule has 1 heterocycles. The van der Waals surface area contributed by atoms with Gasteiger partial charge in [-0.3, -0.25) is 4.98 Å². The van der Waals surface area contributed by atoms with Crippen LogP contribution in [-0.4, -0.2) is 17.6 Å². The first kappa shape index (κ1) is 13.8. The molecule has 94 valence electrons. The SMILES string of the molecule is CCOC(=O)c1c(CCl)cnc(C(F)F)c1F. The summed E-state index contributed by atoms with van der Waals surface area (Å²) in [5.74, 6) is -2.62. The van der Waals surface area contributed by atoms with Crippen LogP contribution in [0.25, 0.3) is 0 Å². The number of halogens is 4. The number of esters is 1. The molecule has 0 unspecified atom stereocenters. The van der Waals surface area contributed by atoms with Crippen molar-refractivity contribution in [2.45, 2.75) is 19.2 Å². The Morgan fingerprint density at radius 2 is 2.24 bits per heavy atom. The van der Waals surface area contributed by atoms with Gasteiger partial charge < -0.3 is 4.74 Å². The summed E-state index contributed by atoms with van der Waals surface area (Å²) < 4.78 is 43.0. The Morgan fingerprint density at radius 3 is 2.71 bits per heavy atom. The van der Waals surface area contributed by atoms with E-state index in [1.165, 1.54) is 6.92 Å². The second-order valence-corrected chi connectivity index (χ2v) is 3.28. The van der Waals surface area contributed by atoms with E-state index in [0.29, 0.717) is 0 Å². The lowest BCUT2D eigenvalue weighted by molar-refractivity contribution is 0.0518. The topological polar surface area (TPSA) is 39.2 Å². The summed E-state index contributed by atoms with van der Waals surface area (Å²) in [4.78, 5) is 14.7. The third kappa shape index (κ3) is 2.88. The minimum absolute atomic E-state index is 0.00628. The number of rotatable bonds is 4. The third-order valence-corrected chi connectivity index (χ3v) is 2.24. The van der Waals surface area contributed by atoms with Gasteiger partial charge in [-0.05, 0) is 6.92 Å². The molecule has 0 saturated heterocycles. The van der Waals surface area contributed by atoms with E-state index in [2.05, 4.69) is 9.72 Å². The van der Waals surface area contributed by atoms with Crippen LogP contribution in [0.5, 0.6) is 0 Å². The molecule has 1 aromatic heterocycles. The van der Waals surface area contributed by atoms with E-state index in [4.69, 9.17) is 11.6 Å². The molecule has 17 heavy (non-hydrogen) atoms. The van der Waals surface area contributed by atoms with Crippen molar-refractivity contribution in [1.29, 1.82) is 0 Å². The van der Waals surface area contributed by atoms with E-state index >= 15 is 0 Å². The lowest BCUT2D eigenvalue weighted by atomic mass is 10.1. The number of ether oxygens (including phenoxy) is 1. The van der Waals surface area contributed by atoms with Crippen LogP contribution in [0.4, 0.5) is 13.2 Å². The fourth-order valence-electron chi connectivity index (χ4n) is 1.22. The predicted molar refractivity (Wildman–Crippen MR) is 54.7 cm³/mol. The predicted octanol–water partition coefficient (Wildman–Crippen LogP) is 3.07. The standard InChI is InChI=1S/C10H9ClF3NO2/c1-2-17-10(16)6-5(3-11)4-15-8(7(6)12)9(13)14/h4,9H,2-3H2,1H3. The van der Waals surface area contributed by atoms with Crippen LogP contribution in [0.15, 0.2) is 6.20 Å². The molecule has 0 aliphatic carbocycles. The van der Waals surface area contributed by atoms with E-state index < -0.39 is 29.5 Å². The maximum Gasteiger partial charge on any atom is 0.341 e. The van der Waals surface area contributed by atoms with Gasteiger partial charge in [0, 0.05) is 17.6 Å². The van der Waals surface area contributed by atoms with Gasteiger partial charge in [-0.15, -0.1) is 11.6 Å². The molecule has 7 heteroatoms. The van der Waals surface area contributed by atoms with Crippen molar-refractivity contribution in [1.82, 2.24) is 4.98 Å². The molecule has 0 spiro atoms. The summed E-state index contributed by atoms with van der Waals surface area (Å²) in [5.41, 5.74) is -1.64. The average molecular weight is 268 g/mol. The van der Waals surface area contributed by atoms with E-state index in [1.54, 1.807) is 0 Å². The lowest BCUT2D eigenvalue weighted by Crippen LogP contribution is -2.13. The maximum atomic E-state index is 13.6. The summed E-state index contributed by atoms with van der Waals surface area (Å²) in [6.45, 7) is 1.53. The number of carbonyl (C=O) groups excluding carboxylic acids is 1. The Hall–Kier alpha value is -1.30. The molecular formula is C10H9ClF3NO2. The molecular weight excluding hydrogens is 259 g/mol. The second-order valence-electron chi connectivity index (χ2n) is 3.01. The highest BCUT2D eigenvalue weighted by Crippen LogP contribution is 2.25. The van der Waals surface area contributed by atoms with Gasteiger partial charge in [0.05, 0.1) is 6.61 Å². The van der Waals surface area contributed by atoms with Gasteiger partial charge in [0.2, 0.25) is 0 Å². The average Bonchev–Trinajstić information content (AvgIpc) is 2.27. The molecule has 1 rings (SSSR count). The minimum atomic E-state index is -3.10. The Morgan fingerprint density at radius 1 is 1.59 bits per heavy atom. The first-order valence-corrected chi connectivity index (χ1v) is 5.24. The first-order chi connectivity index (χ1) is 8.02. The molecule has 3 nitrogen and oxygen atoms in total. The summed E-state index contributed by atoms with van der Waals surface area (Å²) in [5, 5.41) is 0. The lowest BCUT2D eigenvalue weighted by Gasteiger charge is -2.10. The normalized spacial score (nSPS) is 10.7. The van der Waals surface area contributed by atoms with E-state index in [1.807, 2.05) is 0 Å². The third-order valence-electron chi connectivity index (χ3n) is 1.96. The van der Waals surface area contributed by atoms with Crippen molar-refractivity contribution < 1.29 is 22.7 Å². The van der Waals surface area contributed by atoms with Gasteiger partial charge in [0.15, 0.2) is 5.82 Å². The van der Waals surface area contributed by atoms with E-state index in [0.717, 1.165) is 6.20 Å². The monoisotopic (exact) mass is 267 g/mol. The van der Waals surface area contributed by atoms with Crippen LogP contribution >= 0.6 is 11.6 Å². The molecule has 0 fully saturated rings. The van der Waals surface area contributed by atoms with Gasteiger partial charge in [-0.1, -0.05) is 0 Å². The molecule has 0 aliphatic heterocycles. The zero-order valence-electron chi connectivity index (χ0n) is 8.84. The van der Waals surface area contributed by atoms with E-state index in [-0.39, 0.29) is 18.1 Å². The van der Waals surface area contributed by atoms with Crippen LogP contribution in [0.2, 0.25) is 0 Å². The zero-order valence-corrected chi connectivity index (χ0v) is 9.60. The van der Waals surface area contributed by atoms with Gasteiger partial charge in [-0.2, -0.15) is 0 Å². The quantitative estimate of drug-likeness (QED) is 0.622. The van der Waals surface area contributed by atoms with Gasteiger partial charge >= 0.3 is 5.97 Å². The Labute approximate surface area is 101 Å². The van der Waals surface area contributed by atoms with Crippen molar-refractivity contribution >= 4 is 17.6 Å². The molecule has 0 bridgehead atoms. The van der Waals surface area contributed by atoms with Crippen LogP contribution in [0.3, 0.4) is 0 Å². The minimum Gasteiger partial charge on any atom is -0.462 e. The molecule has 1 aromatic rings. The maximum absolute atomic E-state index is 13.6. The largest absolute Gasteiger partial charge is 0.462 e. The molecule has 0 radical (unpaired) electrons. The summed E-state index contributed by atoms with van der Waals surface area (Å²) in [6, 6.07) is 0. The van der Waals surface area contributed by atoms with Crippen molar-refractivity contribution in [3.05, 3.63) is 28.8 Å². The van der Waals surface area contributed by atoms with Gasteiger partial charge in [-0.25, -0.2) is 18.0 Å². The van der Waals surface area contributed by atoms with Crippen LogP contribution in [-0.2, 0) is 10.6 Å². The number of hydrogen-bond donors (Lipinski definition) is 0. The number of nitrogens with zero attached hydrogens (tertiary/aromatic N) is 1. The fraction of sp³-hybridized carbons (Fsp3) is 0.400. The van der Waals surface area contributed by atoms with Gasteiger partial charge in [0.25, 0.3) is 6.43 Å². The molecule has 0 aliphatic rings. The highest BCUT2D eigenvalue weighted by molar-refractivity contribution is 6.17. The van der Waals surface area contributed by atoms with Gasteiger partial charge in [0.1, 0.15) is 11.3 Å². The summed E-state index contributed by atoms with van der Waals surface area (Å²) in [7, 11) is 0. The fourth-order valence-corrected chi connectivity index (χ4v) is 1.42. The number of alkyl halides is 3. The molecule has 0 amide bonds. The highest BCUT2D eigenvalue weighted by atomic mass is 35.5. The molecule has 0 aromatic carbocycles. The number of pyridine rings is 1. The summed E-state index contributed by atoms with van der Waals surface area (Å²) in [6.07, 6.45) is -2.16.